The van der Waals surface area contributed by atoms with Gasteiger partial charge in [0, 0.05) is 0 Å². The first-order valence-electron chi connectivity index (χ1n) is 8.45. The highest BCUT2D eigenvalue weighted by atomic mass is 16.7. The van der Waals surface area contributed by atoms with E-state index in [4.69, 9.17) is 19.3 Å². The van der Waals surface area contributed by atoms with E-state index in [-0.39, 0.29) is 12.8 Å². The second-order valence-corrected chi connectivity index (χ2v) is 6.17. The molecule has 1 saturated heterocycles. The topological polar surface area (TPSA) is 143 Å². The molecule has 9 nitrogen and oxygen atoms in total. The largest absolute Gasteiger partial charge is 0.481 e. The number of hydrogen-bond acceptors (Lipinski definition) is 8. The predicted molar refractivity (Wildman–Crippen MR) is 84.6 cm³/mol. The van der Waals surface area contributed by atoms with Crippen LogP contribution >= 0.6 is 0 Å². The summed E-state index contributed by atoms with van der Waals surface area (Å²) in [6, 6.07) is 0. The minimum atomic E-state index is -1.45. The number of aliphatic hydroxyl groups is 3. The molecule has 1 rings (SSSR count). The number of carbonyl (C=O) groups excluding carboxylic acids is 1. The maximum absolute atomic E-state index is 12.0. The maximum atomic E-state index is 12.0. The zero-order chi connectivity index (χ0) is 19.1. The Kier molecular flexibility index (Phi) is 8.74. The molecule has 7 atom stereocenters. The Balaban J connectivity index is 2.58. The summed E-state index contributed by atoms with van der Waals surface area (Å²) in [7, 11) is 0. The smallest absolute Gasteiger partial charge is 0.308 e. The zero-order valence-corrected chi connectivity index (χ0v) is 14.7. The van der Waals surface area contributed by atoms with Crippen molar-refractivity contribution in [3.63, 3.8) is 0 Å². The molecule has 0 aromatic heterocycles. The minimum absolute atomic E-state index is 0.147. The van der Waals surface area contributed by atoms with Crippen LogP contribution in [0.2, 0.25) is 0 Å². The van der Waals surface area contributed by atoms with Crippen LogP contribution in [0.4, 0.5) is 0 Å². The molecule has 0 radical (unpaired) electrons. The van der Waals surface area contributed by atoms with Gasteiger partial charge in [-0.25, -0.2) is 0 Å². The highest BCUT2D eigenvalue weighted by molar-refractivity contribution is 5.71. The first-order valence-corrected chi connectivity index (χ1v) is 8.45. The molecule has 0 spiro atoms. The molecule has 1 aliphatic heterocycles. The lowest BCUT2D eigenvalue weighted by Crippen LogP contribution is -2.58. The van der Waals surface area contributed by atoms with Crippen LogP contribution in [0.3, 0.4) is 0 Å². The standard InChI is InChI=1S/C16H28O9/c1-4-9(6-11(17)18)24-12(19)7-10(5-2)25-16-15(22)14(21)13(20)8(3)23-16/h8-10,13-16,20-22H,4-7H2,1-3H3,(H,17,18)/t8?,9-,10+,13+,14+,15?,16+/m1/s1. The molecule has 146 valence electrons. The number of carboxylic acid groups (broad SMARTS) is 1. The quantitative estimate of drug-likeness (QED) is 0.409. The molecule has 0 bridgehead atoms. The highest BCUT2D eigenvalue weighted by Gasteiger charge is 2.43. The van der Waals surface area contributed by atoms with Gasteiger partial charge >= 0.3 is 11.9 Å². The molecule has 4 N–H and O–H groups in total. The zero-order valence-electron chi connectivity index (χ0n) is 14.7. The number of ether oxygens (including phenoxy) is 3. The van der Waals surface area contributed by atoms with Gasteiger partial charge < -0.3 is 34.6 Å². The number of carboxylic acids is 1. The summed E-state index contributed by atoms with van der Waals surface area (Å²) in [5.74, 6) is -1.66. The van der Waals surface area contributed by atoms with E-state index in [0.717, 1.165) is 0 Å². The Labute approximate surface area is 146 Å². The minimum Gasteiger partial charge on any atom is -0.481 e. The van der Waals surface area contributed by atoms with Crippen LogP contribution < -0.4 is 0 Å². The Morgan fingerprint density at radius 1 is 1.00 bits per heavy atom. The van der Waals surface area contributed by atoms with Gasteiger partial charge in [0.15, 0.2) is 6.29 Å². The molecule has 1 aliphatic rings. The van der Waals surface area contributed by atoms with E-state index in [9.17, 15) is 24.9 Å². The molecule has 0 amide bonds. The molecule has 25 heavy (non-hydrogen) atoms. The summed E-state index contributed by atoms with van der Waals surface area (Å²) in [6.07, 6.45) is -7.03. The van der Waals surface area contributed by atoms with Crippen molar-refractivity contribution in [3.05, 3.63) is 0 Å². The average Bonchev–Trinajstić information content (AvgIpc) is 2.55. The van der Waals surface area contributed by atoms with Gasteiger partial charge in [0.25, 0.3) is 0 Å². The third kappa shape index (κ3) is 6.52. The first-order chi connectivity index (χ1) is 11.7. The fourth-order valence-corrected chi connectivity index (χ4v) is 2.49. The fraction of sp³-hybridized carbons (Fsp3) is 0.875. The number of rotatable bonds is 9. The molecular formula is C16H28O9. The Morgan fingerprint density at radius 3 is 2.12 bits per heavy atom. The van der Waals surface area contributed by atoms with E-state index in [1.54, 1.807) is 13.8 Å². The molecule has 0 aromatic carbocycles. The van der Waals surface area contributed by atoms with Crippen LogP contribution in [-0.2, 0) is 23.8 Å². The summed E-state index contributed by atoms with van der Waals surface area (Å²) in [5, 5.41) is 38.2. The molecule has 1 heterocycles. The second kappa shape index (κ2) is 10.0. The Morgan fingerprint density at radius 2 is 1.60 bits per heavy atom. The van der Waals surface area contributed by atoms with Gasteiger partial charge in [0.1, 0.15) is 24.4 Å². The molecular weight excluding hydrogens is 336 g/mol. The summed E-state index contributed by atoms with van der Waals surface area (Å²) in [5.41, 5.74) is 0. The number of aliphatic carboxylic acids is 1. The Bertz CT molecular complexity index is 441. The van der Waals surface area contributed by atoms with E-state index >= 15 is 0 Å². The first kappa shape index (κ1) is 21.8. The monoisotopic (exact) mass is 364 g/mol. The van der Waals surface area contributed by atoms with Gasteiger partial charge in [0.2, 0.25) is 0 Å². The lowest BCUT2D eigenvalue weighted by atomic mass is 10.00. The van der Waals surface area contributed by atoms with E-state index in [1.165, 1.54) is 6.92 Å². The number of hydrogen-bond donors (Lipinski definition) is 4. The van der Waals surface area contributed by atoms with Crippen LogP contribution in [0.25, 0.3) is 0 Å². The van der Waals surface area contributed by atoms with Crippen molar-refractivity contribution in [1.29, 1.82) is 0 Å². The predicted octanol–water partition coefficient (Wildman–Crippen LogP) is -0.204. The van der Waals surface area contributed by atoms with Crippen molar-refractivity contribution >= 4 is 11.9 Å². The molecule has 0 aliphatic carbocycles. The lowest BCUT2D eigenvalue weighted by molar-refractivity contribution is -0.304. The number of esters is 1. The van der Waals surface area contributed by atoms with Crippen LogP contribution in [0.1, 0.15) is 46.5 Å². The molecule has 0 aromatic rings. The summed E-state index contributed by atoms with van der Waals surface area (Å²) in [6.45, 7) is 5.01. The molecule has 0 saturated carbocycles. The molecule has 2 unspecified atom stereocenters. The van der Waals surface area contributed by atoms with E-state index in [0.29, 0.717) is 12.8 Å². The van der Waals surface area contributed by atoms with Crippen molar-refractivity contribution in [1.82, 2.24) is 0 Å². The third-order valence-electron chi connectivity index (χ3n) is 4.14. The van der Waals surface area contributed by atoms with Gasteiger partial charge in [0.05, 0.1) is 25.0 Å². The lowest BCUT2D eigenvalue weighted by Gasteiger charge is -2.40. The van der Waals surface area contributed by atoms with E-state index in [1.807, 2.05) is 0 Å². The van der Waals surface area contributed by atoms with Crippen molar-refractivity contribution in [2.45, 2.75) is 89.4 Å². The van der Waals surface area contributed by atoms with Crippen LogP contribution in [0.15, 0.2) is 0 Å². The average molecular weight is 364 g/mol. The van der Waals surface area contributed by atoms with Gasteiger partial charge in [-0.3, -0.25) is 9.59 Å². The van der Waals surface area contributed by atoms with Gasteiger partial charge in [-0.1, -0.05) is 13.8 Å². The van der Waals surface area contributed by atoms with Crippen molar-refractivity contribution in [3.8, 4) is 0 Å². The maximum Gasteiger partial charge on any atom is 0.308 e. The van der Waals surface area contributed by atoms with Crippen molar-refractivity contribution < 1.29 is 44.2 Å². The van der Waals surface area contributed by atoms with Crippen LogP contribution in [0, 0.1) is 0 Å². The number of carbonyl (C=O) groups is 2. The van der Waals surface area contributed by atoms with Gasteiger partial charge in [-0.2, -0.15) is 0 Å². The third-order valence-corrected chi connectivity index (χ3v) is 4.14. The van der Waals surface area contributed by atoms with Crippen LogP contribution in [-0.4, -0.2) is 75.3 Å². The summed E-state index contributed by atoms with van der Waals surface area (Å²) in [4.78, 5) is 22.7. The summed E-state index contributed by atoms with van der Waals surface area (Å²) < 4.78 is 16.0. The van der Waals surface area contributed by atoms with Gasteiger partial charge in [-0.15, -0.1) is 0 Å². The van der Waals surface area contributed by atoms with Gasteiger partial charge in [-0.05, 0) is 19.8 Å². The van der Waals surface area contributed by atoms with Crippen molar-refractivity contribution in [2.24, 2.45) is 0 Å². The van der Waals surface area contributed by atoms with Crippen LogP contribution in [0.5, 0.6) is 0 Å². The molecule has 9 heteroatoms. The Hall–Kier alpha value is -1.26. The number of aliphatic hydroxyl groups excluding tert-OH is 3. The molecule has 1 fully saturated rings. The summed E-state index contributed by atoms with van der Waals surface area (Å²) >= 11 is 0. The highest BCUT2D eigenvalue weighted by Crippen LogP contribution is 2.24. The normalized spacial score (nSPS) is 32.0. The second-order valence-electron chi connectivity index (χ2n) is 6.17. The van der Waals surface area contributed by atoms with Crippen molar-refractivity contribution in [2.75, 3.05) is 0 Å². The van der Waals surface area contributed by atoms with E-state index < -0.39 is 54.9 Å². The van der Waals surface area contributed by atoms with E-state index in [2.05, 4.69) is 0 Å². The fourth-order valence-electron chi connectivity index (χ4n) is 2.49. The SMILES string of the molecule is CC[C@H](CC(=O)O)OC(=O)C[C@H](CC)O[C@@H]1OC(C)[C@H](O)[C@H](O)C1O.